The fourth-order valence-corrected chi connectivity index (χ4v) is 2.45. The highest BCUT2D eigenvalue weighted by molar-refractivity contribution is 5.95. The maximum absolute atomic E-state index is 12.2. The van der Waals surface area contributed by atoms with Crippen LogP contribution in [-0.2, 0) is 9.59 Å². The van der Waals surface area contributed by atoms with Gasteiger partial charge in [0.15, 0.2) is 11.5 Å². The van der Waals surface area contributed by atoms with Gasteiger partial charge in [-0.25, -0.2) is 0 Å². The van der Waals surface area contributed by atoms with Crippen molar-refractivity contribution in [1.82, 2.24) is 0 Å². The molecule has 8 nitrogen and oxygen atoms in total. The number of hydrogen-bond donors (Lipinski definition) is 3. The van der Waals surface area contributed by atoms with E-state index in [4.69, 9.17) is 14.2 Å². The van der Waals surface area contributed by atoms with Crippen molar-refractivity contribution in [3.05, 3.63) is 36.4 Å². The fourth-order valence-electron chi connectivity index (χ4n) is 2.45. The molecular weight excluding hydrogens is 350 g/mol. The number of carbonyl (C=O) groups excluding carboxylic acids is 2. The minimum Gasteiger partial charge on any atom is -0.493 e. The molecule has 0 aromatic heterocycles. The third-order valence-corrected chi connectivity index (χ3v) is 3.58. The van der Waals surface area contributed by atoms with Crippen molar-refractivity contribution in [3.8, 4) is 17.2 Å². The molecule has 0 saturated heterocycles. The molecular formula is C19H23N3O5. The van der Waals surface area contributed by atoms with E-state index in [0.717, 1.165) is 0 Å². The lowest BCUT2D eigenvalue weighted by Crippen LogP contribution is -2.21. The molecule has 0 aliphatic rings. The Kier molecular flexibility index (Phi) is 6.87. The van der Waals surface area contributed by atoms with Crippen molar-refractivity contribution in [1.29, 1.82) is 0 Å². The second-order valence-corrected chi connectivity index (χ2v) is 5.58. The van der Waals surface area contributed by atoms with Gasteiger partial charge >= 0.3 is 0 Å². The Balaban J connectivity index is 2.02. The van der Waals surface area contributed by atoms with Crippen LogP contribution in [0.25, 0.3) is 0 Å². The van der Waals surface area contributed by atoms with Crippen LogP contribution in [-0.4, -0.2) is 39.7 Å². The molecule has 144 valence electrons. The highest BCUT2D eigenvalue weighted by Crippen LogP contribution is 2.39. The molecule has 27 heavy (non-hydrogen) atoms. The number of ether oxygens (including phenoxy) is 3. The number of hydrogen-bond acceptors (Lipinski definition) is 6. The maximum Gasteiger partial charge on any atom is 0.243 e. The molecule has 0 bridgehead atoms. The van der Waals surface area contributed by atoms with Gasteiger partial charge < -0.3 is 30.2 Å². The molecule has 0 unspecified atom stereocenters. The van der Waals surface area contributed by atoms with Crippen LogP contribution in [0.15, 0.2) is 36.4 Å². The summed E-state index contributed by atoms with van der Waals surface area (Å²) in [7, 11) is 4.57. The lowest BCUT2D eigenvalue weighted by Gasteiger charge is -2.15. The van der Waals surface area contributed by atoms with E-state index in [0.29, 0.717) is 34.3 Å². The van der Waals surface area contributed by atoms with Gasteiger partial charge in [-0.3, -0.25) is 9.59 Å². The average Bonchev–Trinajstić information content (AvgIpc) is 2.65. The number of methoxy groups -OCH3 is 3. The second-order valence-electron chi connectivity index (χ2n) is 5.58. The van der Waals surface area contributed by atoms with Crippen LogP contribution in [0.2, 0.25) is 0 Å². The lowest BCUT2D eigenvalue weighted by atomic mass is 10.2. The molecule has 0 saturated carbocycles. The number of carbonyl (C=O) groups is 2. The topological polar surface area (TPSA) is 97.9 Å². The summed E-state index contributed by atoms with van der Waals surface area (Å²) in [4.78, 5) is 23.3. The van der Waals surface area contributed by atoms with Gasteiger partial charge in [0.1, 0.15) is 0 Å². The Morgan fingerprint density at radius 2 is 1.44 bits per heavy atom. The number of nitrogens with one attached hydrogen (secondary N) is 3. The molecule has 0 atom stereocenters. The Hall–Kier alpha value is -3.42. The summed E-state index contributed by atoms with van der Waals surface area (Å²) < 4.78 is 15.8. The van der Waals surface area contributed by atoms with Crippen LogP contribution in [0, 0.1) is 0 Å². The first-order valence-corrected chi connectivity index (χ1v) is 8.18. The van der Waals surface area contributed by atoms with Crippen LogP contribution in [0.4, 0.5) is 17.1 Å². The smallest absolute Gasteiger partial charge is 0.243 e. The van der Waals surface area contributed by atoms with Gasteiger partial charge in [0.05, 0.1) is 27.9 Å². The largest absolute Gasteiger partial charge is 0.493 e. The quantitative estimate of drug-likeness (QED) is 0.658. The van der Waals surface area contributed by atoms with E-state index in [1.807, 2.05) is 0 Å². The van der Waals surface area contributed by atoms with Crippen molar-refractivity contribution in [2.45, 2.75) is 6.92 Å². The third kappa shape index (κ3) is 5.53. The van der Waals surface area contributed by atoms with Crippen molar-refractivity contribution >= 4 is 28.9 Å². The first kappa shape index (κ1) is 19.9. The number of amides is 2. The Morgan fingerprint density at radius 1 is 0.852 bits per heavy atom. The molecule has 0 aliphatic carbocycles. The van der Waals surface area contributed by atoms with Gasteiger partial charge in [-0.15, -0.1) is 0 Å². The summed E-state index contributed by atoms with van der Waals surface area (Å²) in [5.41, 5.74) is 1.84. The molecule has 2 aromatic carbocycles. The monoisotopic (exact) mass is 373 g/mol. The Morgan fingerprint density at radius 3 is 1.96 bits per heavy atom. The average molecular weight is 373 g/mol. The number of anilines is 3. The number of benzene rings is 2. The van der Waals surface area contributed by atoms with Crippen LogP contribution in [0.3, 0.4) is 0 Å². The van der Waals surface area contributed by atoms with Crippen molar-refractivity contribution < 1.29 is 23.8 Å². The van der Waals surface area contributed by atoms with Gasteiger partial charge in [0.2, 0.25) is 17.6 Å². The molecule has 8 heteroatoms. The molecule has 2 amide bonds. The van der Waals surface area contributed by atoms with E-state index < -0.39 is 0 Å². The summed E-state index contributed by atoms with van der Waals surface area (Å²) >= 11 is 0. The zero-order chi connectivity index (χ0) is 19.8. The third-order valence-electron chi connectivity index (χ3n) is 3.58. The molecule has 0 fully saturated rings. The van der Waals surface area contributed by atoms with Crippen molar-refractivity contribution in [2.75, 3.05) is 43.8 Å². The van der Waals surface area contributed by atoms with Crippen LogP contribution < -0.4 is 30.2 Å². The SMILES string of the molecule is COc1cc(NCC(=O)Nc2cccc(NC(C)=O)c2)cc(OC)c1OC. The highest BCUT2D eigenvalue weighted by atomic mass is 16.5. The van der Waals surface area contributed by atoms with E-state index in [1.54, 1.807) is 36.4 Å². The minimum atomic E-state index is -0.247. The summed E-state index contributed by atoms with van der Waals surface area (Å²) in [5.74, 6) is 1.03. The standard InChI is InChI=1S/C19H23N3O5/c1-12(23)21-13-6-5-7-14(8-13)22-18(24)11-20-15-9-16(25-2)19(27-4)17(10-15)26-3/h5-10,20H,11H2,1-4H3,(H,21,23)(H,22,24). The Labute approximate surface area is 157 Å². The first-order valence-electron chi connectivity index (χ1n) is 8.18. The van der Waals surface area contributed by atoms with Gasteiger partial charge in [0, 0.05) is 36.1 Å². The van der Waals surface area contributed by atoms with Gasteiger partial charge in [-0.2, -0.15) is 0 Å². The molecule has 0 heterocycles. The molecule has 2 rings (SSSR count). The van der Waals surface area contributed by atoms with Crippen LogP contribution in [0.1, 0.15) is 6.92 Å². The predicted octanol–water partition coefficient (Wildman–Crippen LogP) is 2.72. The van der Waals surface area contributed by atoms with E-state index in [2.05, 4.69) is 16.0 Å². The Bertz CT molecular complexity index is 798. The normalized spacial score (nSPS) is 9.93. The summed E-state index contributed by atoms with van der Waals surface area (Å²) in [6, 6.07) is 10.3. The fraction of sp³-hybridized carbons (Fsp3) is 0.263. The first-order chi connectivity index (χ1) is 13.0. The molecule has 0 aliphatic heterocycles. The lowest BCUT2D eigenvalue weighted by molar-refractivity contribution is -0.115. The zero-order valence-electron chi connectivity index (χ0n) is 15.7. The zero-order valence-corrected chi connectivity index (χ0v) is 15.7. The van der Waals surface area contributed by atoms with E-state index in [-0.39, 0.29) is 18.4 Å². The van der Waals surface area contributed by atoms with Crippen LogP contribution in [0.5, 0.6) is 17.2 Å². The number of rotatable bonds is 8. The summed E-state index contributed by atoms with van der Waals surface area (Å²) in [5, 5.41) is 8.45. The summed E-state index contributed by atoms with van der Waals surface area (Å²) in [6.07, 6.45) is 0. The van der Waals surface area contributed by atoms with Crippen molar-refractivity contribution in [3.63, 3.8) is 0 Å². The van der Waals surface area contributed by atoms with Gasteiger partial charge in [-0.05, 0) is 18.2 Å². The van der Waals surface area contributed by atoms with Crippen molar-refractivity contribution in [2.24, 2.45) is 0 Å². The highest BCUT2D eigenvalue weighted by Gasteiger charge is 2.13. The predicted molar refractivity (Wildman–Crippen MR) is 104 cm³/mol. The molecule has 2 aromatic rings. The van der Waals surface area contributed by atoms with Crippen LogP contribution >= 0.6 is 0 Å². The van der Waals surface area contributed by atoms with Gasteiger partial charge in [-0.1, -0.05) is 6.07 Å². The molecule has 3 N–H and O–H groups in total. The van der Waals surface area contributed by atoms with E-state index in [1.165, 1.54) is 28.3 Å². The molecule has 0 spiro atoms. The summed E-state index contributed by atoms with van der Waals surface area (Å²) in [6.45, 7) is 1.45. The van der Waals surface area contributed by atoms with E-state index >= 15 is 0 Å². The molecule has 0 radical (unpaired) electrons. The maximum atomic E-state index is 12.2. The van der Waals surface area contributed by atoms with E-state index in [9.17, 15) is 9.59 Å². The second kappa shape index (κ2) is 9.33. The minimum absolute atomic E-state index is 0.0308. The van der Waals surface area contributed by atoms with Gasteiger partial charge in [0.25, 0.3) is 0 Å².